The van der Waals surface area contributed by atoms with E-state index in [-0.39, 0.29) is 19.0 Å². The van der Waals surface area contributed by atoms with Crippen LogP contribution in [0.5, 0.6) is 11.5 Å². The van der Waals surface area contributed by atoms with Crippen molar-refractivity contribution in [2.24, 2.45) is 0 Å². The Bertz CT molecular complexity index is 1780. The minimum absolute atomic E-state index is 0.0339. The van der Waals surface area contributed by atoms with Crippen LogP contribution in [0.1, 0.15) is 27.0 Å². The summed E-state index contributed by atoms with van der Waals surface area (Å²) in [6.07, 6.45) is 0.668. The first-order chi connectivity index (χ1) is 21.9. The molecular weight excluding hydrogens is 632 g/mol. The van der Waals surface area contributed by atoms with Gasteiger partial charge in [0.2, 0.25) is 0 Å². The highest BCUT2D eigenvalue weighted by molar-refractivity contribution is 9.10. The van der Waals surface area contributed by atoms with Gasteiger partial charge in [-0.25, -0.2) is 4.79 Å². The molecule has 0 aliphatic rings. The Morgan fingerprint density at radius 3 is 2.04 bits per heavy atom. The summed E-state index contributed by atoms with van der Waals surface area (Å²) in [6, 6.07) is 39.8. The van der Waals surface area contributed by atoms with Gasteiger partial charge in [-0.3, -0.25) is 9.59 Å². The predicted molar refractivity (Wildman–Crippen MR) is 177 cm³/mol. The van der Waals surface area contributed by atoms with Gasteiger partial charge in [0.05, 0.1) is 0 Å². The normalized spacial score (nSPS) is 10.6. The fourth-order valence-corrected chi connectivity index (χ4v) is 5.42. The number of carbonyl (C=O) groups is 3. The molecule has 7 nitrogen and oxygen atoms in total. The maximum atomic E-state index is 13.0. The Morgan fingerprint density at radius 2 is 1.36 bits per heavy atom. The van der Waals surface area contributed by atoms with Gasteiger partial charge in [0.25, 0.3) is 5.91 Å². The zero-order valence-electron chi connectivity index (χ0n) is 24.4. The van der Waals surface area contributed by atoms with Crippen molar-refractivity contribution in [3.63, 3.8) is 0 Å². The van der Waals surface area contributed by atoms with Crippen molar-refractivity contribution in [3.05, 3.63) is 154 Å². The van der Waals surface area contributed by atoms with Gasteiger partial charge in [0.15, 0.2) is 0 Å². The highest BCUT2D eigenvalue weighted by Gasteiger charge is 2.23. The van der Waals surface area contributed by atoms with Gasteiger partial charge in [0.1, 0.15) is 11.5 Å². The Kier molecular flexibility index (Phi) is 10.4. The number of amides is 2. The number of carboxylic acids is 1. The average Bonchev–Trinajstić information content (AvgIpc) is 3.06. The molecule has 0 heterocycles. The predicted octanol–water partition coefficient (Wildman–Crippen LogP) is 7.49. The molecule has 5 rings (SSSR count). The van der Waals surface area contributed by atoms with Gasteiger partial charge in [-0.1, -0.05) is 107 Å². The zero-order chi connectivity index (χ0) is 31.6. The molecule has 5 aromatic rings. The van der Waals surface area contributed by atoms with Crippen LogP contribution in [0.15, 0.2) is 132 Å². The van der Waals surface area contributed by atoms with Gasteiger partial charge >= 0.3 is 11.9 Å². The lowest BCUT2D eigenvalue weighted by atomic mass is 9.98. The largest absolute Gasteiger partial charge is 0.474 e. The van der Waals surface area contributed by atoms with Crippen LogP contribution >= 0.6 is 15.9 Å². The molecule has 2 N–H and O–H groups in total. The molecule has 0 saturated heterocycles. The van der Waals surface area contributed by atoms with Crippen molar-refractivity contribution in [2.45, 2.75) is 19.5 Å². The molecule has 0 fully saturated rings. The highest BCUT2D eigenvalue weighted by atomic mass is 79.9. The van der Waals surface area contributed by atoms with Crippen LogP contribution in [-0.2, 0) is 29.1 Å². The van der Waals surface area contributed by atoms with Gasteiger partial charge in [-0.2, -0.15) is 0 Å². The first kappa shape index (κ1) is 31.2. The summed E-state index contributed by atoms with van der Waals surface area (Å²) in [5, 5.41) is 12.5. The third-order valence-corrected chi connectivity index (χ3v) is 7.94. The van der Waals surface area contributed by atoms with E-state index in [4.69, 9.17) is 4.74 Å². The fourth-order valence-electron chi connectivity index (χ4n) is 4.92. The van der Waals surface area contributed by atoms with Gasteiger partial charge in [-0.15, -0.1) is 0 Å². The molecule has 5 aromatic carbocycles. The first-order valence-corrected chi connectivity index (χ1v) is 15.2. The molecule has 0 bridgehead atoms. The van der Waals surface area contributed by atoms with Crippen LogP contribution in [0.25, 0.3) is 11.1 Å². The summed E-state index contributed by atoms with van der Waals surface area (Å²) in [5.41, 5.74) is 5.27. The van der Waals surface area contributed by atoms with Crippen molar-refractivity contribution >= 4 is 33.7 Å². The molecule has 0 saturated carbocycles. The number of carboxylic acid groups (broad SMARTS) is 1. The number of hydrogen-bond acceptors (Lipinski definition) is 4. The van der Waals surface area contributed by atoms with E-state index >= 15 is 0 Å². The van der Waals surface area contributed by atoms with Gasteiger partial charge in [-0.05, 0) is 70.6 Å². The van der Waals surface area contributed by atoms with E-state index in [1.807, 2.05) is 60.7 Å². The first-order valence-electron chi connectivity index (χ1n) is 14.4. The summed E-state index contributed by atoms with van der Waals surface area (Å²) in [7, 11) is 0. The maximum Gasteiger partial charge on any atom is 0.394 e. The smallest absolute Gasteiger partial charge is 0.394 e. The maximum absolute atomic E-state index is 13.0. The van der Waals surface area contributed by atoms with Crippen molar-refractivity contribution < 1.29 is 24.2 Å². The summed E-state index contributed by atoms with van der Waals surface area (Å²) in [6.45, 7) is 0.570. The number of carbonyl (C=O) groups excluding carboxylic acids is 2. The van der Waals surface area contributed by atoms with Crippen molar-refractivity contribution in [2.75, 3.05) is 6.54 Å². The van der Waals surface area contributed by atoms with Crippen LogP contribution < -0.4 is 10.1 Å². The number of aliphatic carboxylic acids is 1. The third-order valence-electron chi connectivity index (χ3n) is 7.20. The summed E-state index contributed by atoms with van der Waals surface area (Å²) in [4.78, 5) is 38.5. The second kappa shape index (κ2) is 15.0. The van der Waals surface area contributed by atoms with E-state index < -0.39 is 11.9 Å². The van der Waals surface area contributed by atoms with E-state index in [2.05, 4.69) is 45.5 Å². The second-order valence-corrected chi connectivity index (χ2v) is 11.2. The Labute approximate surface area is 270 Å². The summed E-state index contributed by atoms with van der Waals surface area (Å²) >= 11 is 3.51. The Hall–Kier alpha value is -5.21. The number of ether oxygens (including phenoxy) is 1. The van der Waals surface area contributed by atoms with Crippen LogP contribution in [0, 0.1) is 0 Å². The van der Waals surface area contributed by atoms with Gasteiger partial charge in [0, 0.05) is 29.7 Å². The van der Waals surface area contributed by atoms with E-state index in [9.17, 15) is 19.5 Å². The van der Waals surface area contributed by atoms with E-state index in [0.717, 1.165) is 22.3 Å². The minimum Gasteiger partial charge on any atom is -0.474 e. The lowest BCUT2D eigenvalue weighted by molar-refractivity contribution is -0.156. The number of rotatable bonds is 11. The Balaban J connectivity index is 1.21. The average molecular weight is 664 g/mol. The molecule has 0 radical (unpaired) electrons. The zero-order valence-corrected chi connectivity index (χ0v) is 25.9. The van der Waals surface area contributed by atoms with Crippen LogP contribution in [0.3, 0.4) is 0 Å². The topological polar surface area (TPSA) is 95.9 Å². The molecular formula is C37H31BrN2O5. The molecule has 0 aliphatic heterocycles. The molecule has 0 atom stereocenters. The van der Waals surface area contributed by atoms with Crippen molar-refractivity contribution in [1.82, 2.24) is 10.2 Å². The number of nitrogens with one attached hydrogen (secondary N) is 1. The molecule has 0 spiro atoms. The quantitative estimate of drug-likeness (QED) is 0.143. The standard InChI is InChI=1S/C37H31BrN2O5/c38-34-23-29(35(41)39-22-21-28-11-7-8-14-33(28)27-9-3-1-4-10-27)17-18-30(34)25-40(36(42)37(43)44)24-26-15-19-32(20-16-26)45-31-12-5-2-6-13-31/h1-20,23H,21-22,24-25H2,(H,39,41)(H,43,44). The second-order valence-electron chi connectivity index (χ2n) is 10.4. The van der Waals surface area contributed by atoms with E-state index in [1.165, 1.54) is 4.90 Å². The minimum atomic E-state index is -1.54. The van der Waals surface area contributed by atoms with E-state index in [1.54, 1.807) is 42.5 Å². The van der Waals surface area contributed by atoms with Crippen LogP contribution in [0.4, 0.5) is 0 Å². The third kappa shape index (κ3) is 8.46. The highest BCUT2D eigenvalue weighted by Crippen LogP contribution is 2.25. The number of halogens is 1. The fraction of sp³-hybridized carbons (Fsp3) is 0.108. The monoisotopic (exact) mass is 662 g/mol. The molecule has 0 aliphatic carbocycles. The van der Waals surface area contributed by atoms with Crippen LogP contribution in [-0.4, -0.2) is 34.3 Å². The molecule has 0 unspecified atom stereocenters. The molecule has 45 heavy (non-hydrogen) atoms. The van der Waals surface area contributed by atoms with Crippen molar-refractivity contribution in [1.29, 1.82) is 0 Å². The number of para-hydroxylation sites is 1. The SMILES string of the molecule is O=C(O)C(=O)N(Cc1ccc(Oc2ccccc2)cc1)Cc1ccc(C(=O)NCCc2ccccc2-c2ccccc2)cc1Br. The molecule has 2 amide bonds. The molecule has 8 heteroatoms. The Morgan fingerprint density at radius 1 is 0.711 bits per heavy atom. The van der Waals surface area contributed by atoms with Gasteiger partial charge < -0.3 is 20.1 Å². The lowest BCUT2D eigenvalue weighted by Crippen LogP contribution is -2.35. The summed E-state index contributed by atoms with van der Waals surface area (Å²) in [5.74, 6) is -1.47. The number of benzene rings is 5. The number of nitrogens with zero attached hydrogens (tertiary/aromatic N) is 1. The number of hydrogen-bond donors (Lipinski definition) is 2. The molecule has 226 valence electrons. The van der Waals surface area contributed by atoms with E-state index in [0.29, 0.717) is 40.1 Å². The summed E-state index contributed by atoms with van der Waals surface area (Å²) < 4.78 is 6.42. The van der Waals surface area contributed by atoms with Crippen LogP contribution in [0.2, 0.25) is 0 Å². The molecule has 0 aromatic heterocycles. The van der Waals surface area contributed by atoms with Crippen molar-refractivity contribution in [3.8, 4) is 22.6 Å². The lowest BCUT2D eigenvalue weighted by Gasteiger charge is -2.22.